The van der Waals surface area contributed by atoms with E-state index in [0.717, 1.165) is 6.54 Å². The first-order valence-corrected chi connectivity index (χ1v) is 2.12. The van der Waals surface area contributed by atoms with E-state index in [1.807, 2.05) is 0 Å². The summed E-state index contributed by atoms with van der Waals surface area (Å²) in [5, 5.41) is 0. The van der Waals surface area contributed by atoms with E-state index in [1.54, 1.807) is 0 Å². The van der Waals surface area contributed by atoms with Crippen molar-refractivity contribution >= 4 is 0 Å². The average Bonchev–Trinajstić information content (AvgIpc) is 1.41. The zero-order valence-corrected chi connectivity index (χ0v) is 5.00. The van der Waals surface area contributed by atoms with E-state index in [1.165, 1.54) is 12.8 Å². The average molecular weight is 132 g/mol. The smallest absolute Gasteiger partial charge is 0.330 e. The van der Waals surface area contributed by atoms with Crippen LogP contribution in [0.5, 0.6) is 0 Å². The van der Waals surface area contributed by atoms with Gasteiger partial charge in [-0.2, -0.15) is 0 Å². The van der Waals surface area contributed by atoms with Gasteiger partial charge >= 0.3 is 16.5 Å². The summed E-state index contributed by atoms with van der Waals surface area (Å²) in [4.78, 5) is 0. The minimum atomic E-state index is 0. The second-order valence-electron chi connectivity index (χ2n) is 1.14. The van der Waals surface area contributed by atoms with E-state index in [9.17, 15) is 0 Å². The monoisotopic (exact) mass is 131 g/mol. The van der Waals surface area contributed by atoms with Gasteiger partial charge < -0.3 is 5.73 Å². The molecular formula is C4H11NNi+2. The van der Waals surface area contributed by atoms with Crippen molar-refractivity contribution in [2.75, 3.05) is 6.54 Å². The van der Waals surface area contributed by atoms with Crippen molar-refractivity contribution in [1.82, 2.24) is 0 Å². The fourth-order valence-electron chi connectivity index (χ4n) is 0.204. The summed E-state index contributed by atoms with van der Waals surface area (Å²) in [6.45, 7) is 2.98. The predicted molar refractivity (Wildman–Crippen MR) is 24.0 cm³/mol. The van der Waals surface area contributed by atoms with Gasteiger partial charge in [-0.1, -0.05) is 13.3 Å². The zero-order chi connectivity index (χ0) is 4.12. The molecule has 0 heterocycles. The van der Waals surface area contributed by atoms with Crippen LogP contribution in [-0.4, -0.2) is 6.54 Å². The Hall–Kier alpha value is 0.454. The van der Waals surface area contributed by atoms with E-state index >= 15 is 0 Å². The molecule has 0 aliphatic heterocycles. The summed E-state index contributed by atoms with van der Waals surface area (Å²) >= 11 is 0. The Morgan fingerprint density at radius 3 is 2.00 bits per heavy atom. The standard InChI is InChI=1S/C4H11N.Ni/c1-2-3-4-5;/h2-5H2,1H3;/q;+2. The molecule has 1 nitrogen and oxygen atoms in total. The van der Waals surface area contributed by atoms with Crippen LogP contribution in [0.1, 0.15) is 19.8 Å². The van der Waals surface area contributed by atoms with E-state index < -0.39 is 0 Å². The van der Waals surface area contributed by atoms with Gasteiger partial charge in [-0.15, -0.1) is 0 Å². The Bertz CT molecular complexity index is 15.0. The van der Waals surface area contributed by atoms with Gasteiger partial charge in [0, 0.05) is 0 Å². The van der Waals surface area contributed by atoms with Crippen molar-refractivity contribution in [2.24, 2.45) is 5.73 Å². The predicted octanol–water partition coefficient (Wildman–Crippen LogP) is 0.743. The fraction of sp³-hybridized carbons (Fsp3) is 1.00. The van der Waals surface area contributed by atoms with Crippen LogP contribution in [0.2, 0.25) is 0 Å². The first kappa shape index (κ1) is 9.68. The summed E-state index contributed by atoms with van der Waals surface area (Å²) in [5.74, 6) is 0. The molecule has 0 rings (SSSR count). The third-order valence-electron chi connectivity index (χ3n) is 0.558. The van der Waals surface area contributed by atoms with Crippen LogP contribution in [0.4, 0.5) is 0 Å². The SMILES string of the molecule is CCCCN.[Ni+2]. The Kier molecular flexibility index (Phi) is 14.6. The van der Waals surface area contributed by atoms with E-state index in [4.69, 9.17) is 5.73 Å². The molecule has 0 bridgehead atoms. The van der Waals surface area contributed by atoms with Gasteiger partial charge in [0.15, 0.2) is 0 Å². The Labute approximate surface area is 49.2 Å². The third kappa shape index (κ3) is 8.82. The van der Waals surface area contributed by atoms with Crippen LogP contribution in [0.3, 0.4) is 0 Å². The van der Waals surface area contributed by atoms with Crippen molar-refractivity contribution in [2.45, 2.75) is 19.8 Å². The molecular weight excluding hydrogens is 121 g/mol. The number of nitrogens with two attached hydrogens (primary N) is 1. The van der Waals surface area contributed by atoms with Gasteiger partial charge in [0.25, 0.3) is 0 Å². The zero-order valence-electron chi connectivity index (χ0n) is 4.01. The van der Waals surface area contributed by atoms with Crippen molar-refractivity contribution in [3.05, 3.63) is 0 Å². The molecule has 0 atom stereocenters. The number of hydrogen-bond acceptors (Lipinski definition) is 1. The van der Waals surface area contributed by atoms with Crippen LogP contribution in [-0.2, 0) is 16.5 Å². The second-order valence-corrected chi connectivity index (χ2v) is 1.14. The molecule has 0 amide bonds. The summed E-state index contributed by atoms with van der Waals surface area (Å²) in [6, 6.07) is 0. The van der Waals surface area contributed by atoms with Crippen LogP contribution in [0.15, 0.2) is 0 Å². The topological polar surface area (TPSA) is 26.0 Å². The van der Waals surface area contributed by atoms with Gasteiger partial charge in [0.05, 0.1) is 0 Å². The van der Waals surface area contributed by atoms with E-state index in [0.29, 0.717) is 0 Å². The molecule has 0 saturated heterocycles. The second kappa shape index (κ2) is 9.07. The van der Waals surface area contributed by atoms with Gasteiger partial charge in [-0.25, -0.2) is 0 Å². The fourth-order valence-corrected chi connectivity index (χ4v) is 0.204. The van der Waals surface area contributed by atoms with Crippen molar-refractivity contribution < 1.29 is 16.5 Å². The van der Waals surface area contributed by atoms with Gasteiger partial charge in [-0.05, 0) is 13.0 Å². The maximum Gasteiger partial charge on any atom is 2.00 e. The molecule has 40 valence electrons. The molecule has 6 heavy (non-hydrogen) atoms. The maximum atomic E-state index is 5.14. The van der Waals surface area contributed by atoms with Crippen LogP contribution in [0.25, 0.3) is 0 Å². The van der Waals surface area contributed by atoms with Gasteiger partial charge in [0.2, 0.25) is 0 Å². The van der Waals surface area contributed by atoms with Gasteiger partial charge in [0.1, 0.15) is 0 Å². The molecule has 2 heteroatoms. The molecule has 0 aliphatic carbocycles. The first-order valence-electron chi connectivity index (χ1n) is 2.12. The molecule has 0 unspecified atom stereocenters. The van der Waals surface area contributed by atoms with E-state index in [2.05, 4.69) is 6.92 Å². The van der Waals surface area contributed by atoms with Crippen LogP contribution >= 0.6 is 0 Å². The summed E-state index contributed by atoms with van der Waals surface area (Å²) < 4.78 is 0. The van der Waals surface area contributed by atoms with Crippen molar-refractivity contribution in [1.29, 1.82) is 0 Å². The molecule has 0 saturated carbocycles. The molecule has 0 radical (unpaired) electrons. The van der Waals surface area contributed by atoms with Crippen LogP contribution in [0, 0.1) is 0 Å². The quantitative estimate of drug-likeness (QED) is 0.550. The molecule has 0 spiro atoms. The summed E-state index contributed by atoms with van der Waals surface area (Å²) in [5.41, 5.74) is 5.14. The summed E-state index contributed by atoms with van der Waals surface area (Å²) in [7, 11) is 0. The normalized spacial score (nSPS) is 7.00. The molecule has 0 aromatic rings. The number of unbranched alkanes of at least 4 members (excludes halogenated alkanes) is 1. The van der Waals surface area contributed by atoms with Crippen molar-refractivity contribution in [3.63, 3.8) is 0 Å². The molecule has 0 aliphatic rings. The van der Waals surface area contributed by atoms with Gasteiger partial charge in [-0.3, -0.25) is 0 Å². The van der Waals surface area contributed by atoms with E-state index in [-0.39, 0.29) is 16.5 Å². The third-order valence-corrected chi connectivity index (χ3v) is 0.558. The summed E-state index contributed by atoms with van der Waals surface area (Å²) in [6.07, 6.45) is 2.39. The molecule has 0 fully saturated rings. The molecule has 0 aromatic heterocycles. The Balaban J connectivity index is 0. The first-order chi connectivity index (χ1) is 2.41. The molecule has 0 aromatic carbocycles. The minimum Gasteiger partial charge on any atom is -0.330 e. The Morgan fingerprint density at radius 1 is 1.50 bits per heavy atom. The number of rotatable bonds is 2. The largest absolute Gasteiger partial charge is 2.00 e. The number of hydrogen-bond donors (Lipinski definition) is 1. The molecule has 2 N–H and O–H groups in total. The van der Waals surface area contributed by atoms with Crippen molar-refractivity contribution in [3.8, 4) is 0 Å². The van der Waals surface area contributed by atoms with Crippen LogP contribution < -0.4 is 5.73 Å². The Morgan fingerprint density at radius 2 is 2.00 bits per heavy atom. The maximum absolute atomic E-state index is 5.14. The minimum absolute atomic E-state index is 0.